The molecule has 0 saturated carbocycles. The van der Waals surface area contributed by atoms with Gasteiger partial charge in [0.2, 0.25) is 0 Å². The van der Waals surface area contributed by atoms with Crippen LogP contribution in [0.2, 0.25) is 0 Å². The summed E-state index contributed by atoms with van der Waals surface area (Å²) in [7, 11) is 0. The molecule has 1 atom stereocenters. The van der Waals surface area contributed by atoms with E-state index in [-0.39, 0.29) is 32.0 Å². The summed E-state index contributed by atoms with van der Waals surface area (Å²) in [4.78, 5) is 25.8. The molecule has 1 aromatic carbocycles. The molecule has 22 heavy (non-hydrogen) atoms. The lowest BCUT2D eigenvalue weighted by Gasteiger charge is -2.19. The number of nitrogens with zero attached hydrogens (tertiary/aromatic N) is 2. The molecular weight excluding hydrogens is 410 g/mol. The van der Waals surface area contributed by atoms with Crippen molar-refractivity contribution in [2.24, 2.45) is 0 Å². The number of cyclic esters (lactones) is 2. The molecule has 2 saturated heterocycles. The second-order valence-electron chi connectivity index (χ2n) is 4.82. The van der Waals surface area contributed by atoms with Crippen molar-refractivity contribution in [3.63, 3.8) is 0 Å². The highest BCUT2D eigenvalue weighted by molar-refractivity contribution is 14.1. The van der Waals surface area contributed by atoms with Gasteiger partial charge in [-0.2, -0.15) is 0 Å². The molecule has 0 bridgehead atoms. The summed E-state index contributed by atoms with van der Waals surface area (Å²) in [6, 6.07) is 2.76. The zero-order chi connectivity index (χ0) is 15.9. The lowest BCUT2D eigenvalue weighted by molar-refractivity contribution is 0.0963. The third kappa shape index (κ3) is 2.58. The zero-order valence-corrected chi connectivity index (χ0v) is 13.4. The summed E-state index contributed by atoms with van der Waals surface area (Å²) in [6.45, 7) is 0.353. The van der Waals surface area contributed by atoms with Gasteiger partial charge in [-0.1, -0.05) is 0 Å². The fourth-order valence-electron chi connectivity index (χ4n) is 2.39. The summed E-state index contributed by atoms with van der Waals surface area (Å²) >= 11 is 1.90. The van der Waals surface area contributed by atoms with Gasteiger partial charge in [0.1, 0.15) is 18.5 Å². The molecule has 2 amide bonds. The summed E-state index contributed by atoms with van der Waals surface area (Å²) < 4.78 is 24.6. The van der Waals surface area contributed by atoms with Crippen LogP contribution in [0.3, 0.4) is 0 Å². The van der Waals surface area contributed by atoms with Crippen molar-refractivity contribution in [2.45, 2.75) is 6.10 Å². The molecule has 2 heterocycles. The molecule has 0 aromatic heterocycles. The third-order valence-electron chi connectivity index (χ3n) is 3.42. The van der Waals surface area contributed by atoms with Crippen LogP contribution >= 0.6 is 22.6 Å². The van der Waals surface area contributed by atoms with E-state index in [1.165, 1.54) is 15.9 Å². The Kier molecular flexibility index (Phi) is 4.08. The summed E-state index contributed by atoms with van der Waals surface area (Å²) in [5.41, 5.74) is 0.456. The van der Waals surface area contributed by atoms with E-state index >= 15 is 0 Å². The SMILES string of the molecule is O=C1O[C@@H](CO)CN1c1cc(F)c(N2CCOC2=O)c(I)c1. The monoisotopic (exact) mass is 422 g/mol. The fourth-order valence-corrected chi connectivity index (χ4v) is 3.26. The van der Waals surface area contributed by atoms with Gasteiger partial charge in [0, 0.05) is 3.57 Å². The van der Waals surface area contributed by atoms with Crippen molar-refractivity contribution in [3.05, 3.63) is 21.5 Å². The van der Waals surface area contributed by atoms with Gasteiger partial charge in [0.05, 0.1) is 31.1 Å². The summed E-state index contributed by atoms with van der Waals surface area (Å²) in [6.07, 6.45) is -1.85. The molecule has 9 heteroatoms. The van der Waals surface area contributed by atoms with Crippen LogP contribution in [0.25, 0.3) is 0 Å². The van der Waals surface area contributed by atoms with Gasteiger partial charge < -0.3 is 14.6 Å². The number of amides is 2. The first-order valence-corrected chi connectivity index (χ1v) is 7.61. The number of rotatable bonds is 3. The predicted octanol–water partition coefficient (Wildman–Crippen LogP) is 1.70. The lowest BCUT2D eigenvalue weighted by atomic mass is 10.2. The standard InChI is InChI=1S/C13H12FIN2O5/c14-9-3-7(17-5-8(6-18)22-13(17)20)4-10(15)11(9)16-1-2-21-12(16)19/h3-4,8,18H,1-2,5-6H2/t8-/m1/s1. The number of aliphatic hydroxyl groups excluding tert-OH is 1. The molecule has 0 spiro atoms. The normalized spacial score (nSPS) is 21.3. The quantitative estimate of drug-likeness (QED) is 0.751. The Morgan fingerprint density at radius 2 is 2.09 bits per heavy atom. The molecule has 2 aliphatic rings. The van der Waals surface area contributed by atoms with E-state index in [2.05, 4.69) is 0 Å². The second kappa shape index (κ2) is 5.88. The topological polar surface area (TPSA) is 79.3 Å². The number of halogens is 2. The Labute approximate surface area is 138 Å². The van der Waals surface area contributed by atoms with Crippen molar-refractivity contribution < 1.29 is 28.6 Å². The smallest absolute Gasteiger partial charge is 0.414 e. The first kappa shape index (κ1) is 15.3. The highest BCUT2D eigenvalue weighted by atomic mass is 127. The molecule has 0 unspecified atom stereocenters. The number of hydrogen-bond acceptors (Lipinski definition) is 5. The van der Waals surface area contributed by atoms with E-state index < -0.39 is 24.1 Å². The number of ether oxygens (including phenoxy) is 2. The van der Waals surface area contributed by atoms with Gasteiger partial charge in [-0.05, 0) is 34.7 Å². The fraction of sp³-hybridized carbons (Fsp3) is 0.385. The number of carbonyl (C=O) groups excluding carboxylic acids is 2. The number of aliphatic hydroxyl groups is 1. The molecule has 0 aliphatic carbocycles. The van der Waals surface area contributed by atoms with Gasteiger partial charge in [0.15, 0.2) is 0 Å². The van der Waals surface area contributed by atoms with Crippen molar-refractivity contribution in [1.82, 2.24) is 0 Å². The van der Waals surface area contributed by atoms with Crippen LogP contribution in [0.1, 0.15) is 0 Å². The van der Waals surface area contributed by atoms with E-state index in [0.29, 0.717) is 9.26 Å². The van der Waals surface area contributed by atoms with Crippen LogP contribution in [0, 0.1) is 9.39 Å². The van der Waals surface area contributed by atoms with Crippen LogP contribution in [0.15, 0.2) is 12.1 Å². The molecule has 1 N–H and O–H groups in total. The molecule has 7 nitrogen and oxygen atoms in total. The average molecular weight is 422 g/mol. The Balaban J connectivity index is 1.93. The van der Waals surface area contributed by atoms with Gasteiger partial charge in [-0.15, -0.1) is 0 Å². The molecule has 2 fully saturated rings. The van der Waals surface area contributed by atoms with Crippen molar-refractivity contribution in [2.75, 3.05) is 36.1 Å². The lowest BCUT2D eigenvalue weighted by Crippen LogP contribution is -2.28. The molecule has 3 rings (SSSR count). The average Bonchev–Trinajstić information content (AvgIpc) is 3.04. The minimum atomic E-state index is -0.636. The molecule has 118 valence electrons. The maximum Gasteiger partial charge on any atom is 0.414 e. The maximum atomic E-state index is 14.4. The minimum Gasteiger partial charge on any atom is -0.447 e. The Bertz CT molecular complexity index is 618. The summed E-state index contributed by atoms with van der Waals surface area (Å²) in [5, 5.41) is 9.04. The molecule has 1 aromatic rings. The van der Waals surface area contributed by atoms with Gasteiger partial charge >= 0.3 is 12.2 Å². The first-order chi connectivity index (χ1) is 10.5. The van der Waals surface area contributed by atoms with Gasteiger partial charge in [-0.25, -0.2) is 14.0 Å². The molecule has 2 aliphatic heterocycles. The van der Waals surface area contributed by atoms with E-state index in [9.17, 15) is 14.0 Å². The minimum absolute atomic E-state index is 0.137. The van der Waals surface area contributed by atoms with E-state index in [1.807, 2.05) is 22.6 Å². The third-order valence-corrected chi connectivity index (χ3v) is 4.24. The van der Waals surface area contributed by atoms with Crippen molar-refractivity contribution >= 4 is 46.2 Å². The van der Waals surface area contributed by atoms with Crippen LogP contribution in [0.5, 0.6) is 0 Å². The highest BCUT2D eigenvalue weighted by Crippen LogP contribution is 2.34. The number of benzene rings is 1. The number of carbonyl (C=O) groups is 2. The Morgan fingerprint density at radius 3 is 2.64 bits per heavy atom. The van der Waals surface area contributed by atoms with Gasteiger partial charge in [-0.3, -0.25) is 9.80 Å². The first-order valence-electron chi connectivity index (χ1n) is 6.53. The maximum absolute atomic E-state index is 14.4. The van der Waals surface area contributed by atoms with Crippen molar-refractivity contribution in [1.29, 1.82) is 0 Å². The Hall–Kier alpha value is -1.62. The van der Waals surface area contributed by atoms with Crippen LogP contribution in [-0.4, -0.2) is 49.7 Å². The largest absolute Gasteiger partial charge is 0.447 e. The van der Waals surface area contributed by atoms with Crippen LogP contribution in [-0.2, 0) is 9.47 Å². The number of anilines is 2. The summed E-state index contributed by atoms with van der Waals surface area (Å²) in [5.74, 6) is -0.624. The van der Waals surface area contributed by atoms with E-state index in [1.54, 1.807) is 6.07 Å². The van der Waals surface area contributed by atoms with E-state index in [4.69, 9.17) is 14.6 Å². The highest BCUT2D eigenvalue weighted by Gasteiger charge is 2.34. The second-order valence-corrected chi connectivity index (χ2v) is 5.99. The van der Waals surface area contributed by atoms with Crippen LogP contribution < -0.4 is 9.80 Å². The zero-order valence-electron chi connectivity index (χ0n) is 11.3. The molecule has 0 radical (unpaired) electrons. The van der Waals surface area contributed by atoms with Crippen LogP contribution in [0.4, 0.5) is 25.4 Å². The number of hydrogen-bond donors (Lipinski definition) is 1. The van der Waals surface area contributed by atoms with E-state index in [0.717, 1.165) is 0 Å². The molecular formula is C13H12FIN2O5. The Morgan fingerprint density at radius 1 is 1.32 bits per heavy atom. The predicted molar refractivity (Wildman–Crippen MR) is 82.5 cm³/mol. The van der Waals surface area contributed by atoms with Crippen molar-refractivity contribution in [3.8, 4) is 0 Å². The van der Waals surface area contributed by atoms with Gasteiger partial charge in [0.25, 0.3) is 0 Å².